The van der Waals surface area contributed by atoms with Gasteiger partial charge in [-0.05, 0) is 24.1 Å². The van der Waals surface area contributed by atoms with Crippen molar-refractivity contribution in [3.05, 3.63) is 64.9 Å². The minimum Gasteiger partial charge on any atom is -0.339 e. The van der Waals surface area contributed by atoms with Crippen molar-refractivity contribution in [2.45, 2.75) is 39.2 Å². The highest BCUT2D eigenvalue weighted by Crippen LogP contribution is 2.19. The first-order valence-corrected chi connectivity index (χ1v) is 9.40. The summed E-state index contributed by atoms with van der Waals surface area (Å²) in [6, 6.07) is 13.8. The molecule has 5 nitrogen and oxygen atoms in total. The molecule has 0 saturated heterocycles. The van der Waals surface area contributed by atoms with E-state index in [4.69, 9.17) is 0 Å². The van der Waals surface area contributed by atoms with E-state index >= 15 is 0 Å². The SMILES string of the molecule is CCCCCc1nnc(NC(=O)c2cccn2Cc2ccccc2)s1. The van der Waals surface area contributed by atoms with Crippen LogP contribution < -0.4 is 5.32 Å². The molecule has 0 fully saturated rings. The van der Waals surface area contributed by atoms with Gasteiger partial charge in [0.1, 0.15) is 10.7 Å². The molecule has 0 saturated carbocycles. The second-order valence-electron chi connectivity index (χ2n) is 5.92. The average Bonchev–Trinajstić information content (AvgIpc) is 3.26. The quantitative estimate of drug-likeness (QED) is 0.611. The van der Waals surface area contributed by atoms with Crippen molar-refractivity contribution >= 4 is 22.4 Å². The molecule has 0 aliphatic rings. The van der Waals surface area contributed by atoms with Crippen LogP contribution in [0.1, 0.15) is 47.2 Å². The Morgan fingerprint density at radius 2 is 1.96 bits per heavy atom. The molecule has 1 N–H and O–H groups in total. The normalized spacial score (nSPS) is 10.8. The van der Waals surface area contributed by atoms with Crippen LogP contribution in [0.5, 0.6) is 0 Å². The number of hydrogen-bond donors (Lipinski definition) is 1. The third-order valence-electron chi connectivity index (χ3n) is 3.94. The third kappa shape index (κ3) is 4.76. The van der Waals surface area contributed by atoms with Crippen LogP contribution in [0.3, 0.4) is 0 Å². The first-order valence-electron chi connectivity index (χ1n) is 8.59. The van der Waals surface area contributed by atoms with Crippen molar-refractivity contribution in [3.8, 4) is 0 Å². The summed E-state index contributed by atoms with van der Waals surface area (Å²) in [7, 11) is 0. The van der Waals surface area contributed by atoms with Gasteiger partial charge in [0, 0.05) is 19.2 Å². The predicted octanol–water partition coefficient (Wildman–Crippen LogP) is 4.37. The van der Waals surface area contributed by atoms with E-state index in [-0.39, 0.29) is 5.91 Å². The summed E-state index contributed by atoms with van der Waals surface area (Å²) in [6.07, 6.45) is 6.32. The number of anilines is 1. The van der Waals surface area contributed by atoms with Crippen molar-refractivity contribution in [1.82, 2.24) is 14.8 Å². The second-order valence-corrected chi connectivity index (χ2v) is 6.98. The van der Waals surface area contributed by atoms with Crippen molar-refractivity contribution < 1.29 is 4.79 Å². The number of carbonyl (C=O) groups is 1. The maximum absolute atomic E-state index is 12.6. The van der Waals surface area contributed by atoms with Gasteiger partial charge in [-0.15, -0.1) is 10.2 Å². The highest BCUT2D eigenvalue weighted by molar-refractivity contribution is 7.15. The number of nitrogens with one attached hydrogen (secondary N) is 1. The standard InChI is InChI=1S/C19H22N4OS/c1-2-3-5-12-17-21-22-19(25-17)20-18(24)16-11-8-13-23(16)14-15-9-6-4-7-10-15/h4,6-11,13H,2-3,5,12,14H2,1H3,(H,20,22,24). The molecule has 2 aromatic heterocycles. The summed E-state index contributed by atoms with van der Waals surface area (Å²) in [5.74, 6) is -0.155. The zero-order valence-electron chi connectivity index (χ0n) is 14.3. The maximum Gasteiger partial charge on any atom is 0.274 e. The summed E-state index contributed by atoms with van der Waals surface area (Å²) in [5.41, 5.74) is 1.77. The highest BCUT2D eigenvalue weighted by Gasteiger charge is 2.14. The Hall–Kier alpha value is -2.47. The van der Waals surface area contributed by atoms with Crippen LogP contribution in [-0.2, 0) is 13.0 Å². The summed E-state index contributed by atoms with van der Waals surface area (Å²) in [6.45, 7) is 2.84. The molecule has 0 unspecified atom stereocenters. The van der Waals surface area contributed by atoms with Crippen LogP contribution in [0.4, 0.5) is 5.13 Å². The van der Waals surface area contributed by atoms with E-state index in [0.29, 0.717) is 17.4 Å². The molecule has 0 aliphatic heterocycles. The Morgan fingerprint density at radius 3 is 2.76 bits per heavy atom. The van der Waals surface area contributed by atoms with E-state index < -0.39 is 0 Å². The van der Waals surface area contributed by atoms with Gasteiger partial charge in [0.05, 0.1) is 0 Å². The molecule has 25 heavy (non-hydrogen) atoms. The number of aryl methyl sites for hydroxylation is 1. The largest absolute Gasteiger partial charge is 0.339 e. The van der Waals surface area contributed by atoms with Gasteiger partial charge in [0.25, 0.3) is 5.91 Å². The Morgan fingerprint density at radius 1 is 1.12 bits per heavy atom. The van der Waals surface area contributed by atoms with Crippen LogP contribution in [0.25, 0.3) is 0 Å². The van der Waals surface area contributed by atoms with E-state index in [1.54, 1.807) is 0 Å². The molecule has 1 aromatic carbocycles. The van der Waals surface area contributed by atoms with Crippen molar-refractivity contribution in [2.75, 3.05) is 5.32 Å². The fraction of sp³-hybridized carbons (Fsp3) is 0.316. The van der Waals surface area contributed by atoms with Crippen LogP contribution >= 0.6 is 11.3 Å². The van der Waals surface area contributed by atoms with Crippen molar-refractivity contribution in [1.29, 1.82) is 0 Å². The van der Waals surface area contributed by atoms with E-state index in [1.807, 2.05) is 41.1 Å². The predicted molar refractivity (Wildman–Crippen MR) is 101 cm³/mol. The van der Waals surface area contributed by atoms with Crippen molar-refractivity contribution in [3.63, 3.8) is 0 Å². The zero-order chi connectivity index (χ0) is 17.5. The molecule has 0 atom stereocenters. The zero-order valence-corrected chi connectivity index (χ0v) is 15.1. The molecule has 3 aromatic rings. The van der Waals surface area contributed by atoms with Crippen LogP contribution in [-0.4, -0.2) is 20.7 Å². The van der Waals surface area contributed by atoms with Gasteiger partial charge in [-0.1, -0.05) is 61.4 Å². The Balaban J connectivity index is 1.63. The first kappa shape index (κ1) is 17.4. The smallest absolute Gasteiger partial charge is 0.274 e. The number of benzene rings is 1. The number of aromatic nitrogens is 3. The Kier molecular flexibility index (Phi) is 5.95. The fourth-order valence-corrected chi connectivity index (χ4v) is 3.41. The molecular weight excluding hydrogens is 332 g/mol. The number of unbranched alkanes of at least 4 members (excludes halogenated alkanes) is 2. The van der Waals surface area contributed by atoms with E-state index in [0.717, 1.165) is 23.4 Å². The van der Waals surface area contributed by atoms with E-state index in [9.17, 15) is 4.79 Å². The number of rotatable bonds is 8. The second kappa shape index (κ2) is 8.58. The molecule has 0 bridgehead atoms. The summed E-state index contributed by atoms with van der Waals surface area (Å²) >= 11 is 1.46. The number of nitrogens with zero attached hydrogens (tertiary/aromatic N) is 3. The topological polar surface area (TPSA) is 59.8 Å². The lowest BCUT2D eigenvalue weighted by Crippen LogP contribution is -2.17. The molecule has 0 aliphatic carbocycles. The minimum atomic E-state index is -0.155. The Labute approximate surface area is 151 Å². The molecule has 0 radical (unpaired) electrons. The van der Waals surface area contributed by atoms with Gasteiger partial charge in [-0.3, -0.25) is 10.1 Å². The van der Waals surface area contributed by atoms with Crippen LogP contribution in [0, 0.1) is 0 Å². The number of hydrogen-bond acceptors (Lipinski definition) is 4. The van der Waals surface area contributed by atoms with Crippen molar-refractivity contribution in [2.24, 2.45) is 0 Å². The van der Waals surface area contributed by atoms with Gasteiger partial charge in [0.15, 0.2) is 0 Å². The highest BCUT2D eigenvalue weighted by atomic mass is 32.1. The lowest BCUT2D eigenvalue weighted by atomic mass is 10.2. The van der Waals surface area contributed by atoms with Crippen LogP contribution in [0.15, 0.2) is 48.7 Å². The van der Waals surface area contributed by atoms with Crippen LogP contribution in [0.2, 0.25) is 0 Å². The monoisotopic (exact) mass is 354 g/mol. The third-order valence-corrected chi connectivity index (χ3v) is 4.84. The number of carbonyl (C=O) groups excluding carboxylic acids is 1. The summed E-state index contributed by atoms with van der Waals surface area (Å²) < 4.78 is 1.94. The minimum absolute atomic E-state index is 0.155. The summed E-state index contributed by atoms with van der Waals surface area (Å²) in [4.78, 5) is 12.6. The molecule has 6 heteroatoms. The van der Waals surface area contributed by atoms with E-state index in [2.05, 4.69) is 34.6 Å². The lowest BCUT2D eigenvalue weighted by molar-refractivity contribution is 0.101. The summed E-state index contributed by atoms with van der Waals surface area (Å²) in [5, 5.41) is 12.6. The van der Waals surface area contributed by atoms with E-state index in [1.165, 1.54) is 24.2 Å². The molecule has 3 rings (SSSR count). The first-order chi connectivity index (χ1) is 12.3. The fourth-order valence-electron chi connectivity index (χ4n) is 2.63. The number of amides is 1. The van der Waals surface area contributed by atoms with Gasteiger partial charge >= 0.3 is 0 Å². The molecular formula is C19H22N4OS. The lowest BCUT2D eigenvalue weighted by Gasteiger charge is -2.08. The van der Waals surface area contributed by atoms with Gasteiger partial charge in [-0.25, -0.2) is 0 Å². The molecule has 0 spiro atoms. The molecule has 130 valence electrons. The van der Waals surface area contributed by atoms with Gasteiger partial charge in [-0.2, -0.15) is 0 Å². The Bertz CT molecular complexity index is 810. The maximum atomic E-state index is 12.6. The van der Waals surface area contributed by atoms with Gasteiger partial charge < -0.3 is 4.57 Å². The molecule has 1 amide bonds. The average molecular weight is 354 g/mol. The molecule has 2 heterocycles. The van der Waals surface area contributed by atoms with Gasteiger partial charge in [0.2, 0.25) is 5.13 Å².